The molecule has 0 aliphatic carbocycles. The molecule has 0 bridgehead atoms. The number of benzene rings is 1. The van der Waals surface area contributed by atoms with E-state index in [9.17, 15) is 4.79 Å². The summed E-state index contributed by atoms with van der Waals surface area (Å²) in [5, 5.41) is 4.34. The molecule has 0 radical (unpaired) electrons. The Morgan fingerprint density at radius 2 is 1.67 bits per heavy atom. The van der Waals surface area contributed by atoms with Gasteiger partial charge in [-0.2, -0.15) is 0 Å². The molecular formula is C21H25N3O2S. The van der Waals surface area contributed by atoms with Crippen LogP contribution in [0.3, 0.4) is 0 Å². The third kappa shape index (κ3) is 4.13. The van der Waals surface area contributed by atoms with Crippen molar-refractivity contribution in [2.45, 2.75) is 33.9 Å². The van der Waals surface area contributed by atoms with Crippen LogP contribution in [-0.4, -0.2) is 41.0 Å². The van der Waals surface area contributed by atoms with Crippen LogP contribution in [0, 0.1) is 20.8 Å². The molecule has 4 rings (SSSR count). The van der Waals surface area contributed by atoms with Gasteiger partial charge >= 0.3 is 5.63 Å². The average Bonchev–Trinajstić information content (AvgIpc) is 3.03. The van der Waals surface area contributed by atoms with E-state index in [1.165, 1.54) is 11.3 Å². The Labute approximate surface area is 163 Å². The molecule has 1 aliphatic heterocycles. The zero-order chi connectivity index (χ0) is 19.0. The highest BCUT2D eigenvalue weighted by atomic mass is 32.1. The largest absolute Gasteiger partial charge is 0.423 e. The summed E-state index contributed by atoms with van der Waals surface area (Å²) in [6.45, 7) is 11.9. The number of aromatic nitrogens is 1. The number of hydrogen-bond donors (Lipinski definition) is 0. The molecular weight excluding hydrogens is 358 g/mol. The summed E-state index contributed by atoms with van der Waals surface area (Å²) in [6.07, 6.45) is 0. The predicted molar refractivity (Wildman–Crippen MR) is 109 cm³/mol. The van der Waals surface area contributed by atoms with Gasteiger partial charge < -0.3 is 4.42 Å². The number of aryl methyl sites for hydroxylation is 3. The monoisotopic (exact) mass is 383 g/mol. The molecule has 0 amide bonds. The smallest absolute Gasteiger partial charge is 0.336 e. The molecule has 27 heavy (non-hydrogen) atoms. The summed E-state index contributed by atoms with van der Waals surface area (Å²) in [5.74, 6) is 0. The number of nitrogens with zero attached hydrogens (tertiary/aromatic N) is 3. The molecule has 1 aromatic carbocycles. The third-order valence-electron chi connectivity index (χ3n) is 5.36. The van der Waals surface area contributed by atoms with Crippen LogP contribution >= 0.6 is 11.3 Å². The normalized spacial score (nSPS) is 16.3. The Morgan fingerprint density at radius 1 is 1.00 bits per heavy atom. The predicted octanol–water partition coefficient (Wildman–Crippen LogP) is 3.49. The van der Waals surface area contributed by atoms with Gasteiger partial charge in [-0.15, -0.1) is 11.3 Å². The summed E-state index contributed by atoms with van der Waals surface area (Å²) in [4.78, 5) is 21.4. The van der Waals surface area contributed by atoms with Crippen LogP contribution in [0.15, 0.2) is 32.8 Å². The Morgan fingerprint density at radius 3 is 2.33 bits per heavy atom. The number of piperazine rings is 1. The van der Waals surface area contributed by atoms with Crippen LogP contribution in [0.1, 0.15) is 27.4 Å². The molecule has 0 unspecified atom stereocenters. The molecule has 0 saturated carbocycles. The molecule has 0 spiro atoms. The molecule has 3 heterocycles. The first-order chi connectivity index (χ1) is 13.0. The number of rotatable bonds is 4. The fourth-order valence-electron chi connectivity index (χ4n) is 3.67. The molecule has 1 aliphatic rings. The van der Waals surface area contributed by atoms with Gasteiger partial charge in [-0.05, 0) is 49.6 Å². The van der Waals surface area contributed by atoms with E-state index in [-0.39, 0.29) is 5.63 Å². The summed E-state index contributed by atoms with van der Waals surface area (Å²) in [7, 11) is 0. The minimum Gasteiger partial charge on any atom is -0.423 e. The number of hydrogen-bond acceptors (Lipinski definition) is 6. The molecule has 142 valence electrons. The fraction of sp³-hybridized carbons (Fsp3) is 0.429. The molecule has 5 nitrogen and oxygen atoms in total. The van der Waals surface area contributed by atoms with E-state index in [2.05, 4.69) is 40.1 Å². The first-order valence-corrected chi connectivity index (χ1v) is 10.3. The summed E-state index contributed by atoms with van der Waals surface area (Å²) < 4.78 is 5.42. The first-order valence-electron chi connectivity index (χ1n) is 9.37. The van der Waals surface area contributed by atoms with Crippen LogP contribution in [-0.2, 0) is 13.1 Å². The van der Waals surface area contributed by atoms with E-state index in [1.54, 1.807) is 17.4 Å². The van der Waals surface area contributed by atoms with E-state index in [0.29, 0.717) is 5.58 Å². The second-order valence-electron chi connectivity index (χ2n) is 7.43. The SMILES string of the molecule is Cc1nc(CN2CCN(Cc3cc(=O)oc4cc(C)c(C)cc34)CC2)cs1. The van der Waals surface area contributed by atoms with E-state index in [4.69, 9.17) is 4.42 Å². The van der Waals surface area contributed by atoms with E-state index in [1.807, 2.05) is 13.0 Å². The highest BCUT2D eigenvalue weighted by molar-refractivity contribution is 7.09. The summed E-state index contributed by atoms with van der Waals surface area (Å²) >= 11 is 1.71. The zero-order valence-electron chi connectivity index (χ0n) is 16.1. The van der Waals surface area contributed by atoms with Gasteiger partial charge in [0.15, 0.2) is 0 Å². The molecule has 2 aromatic heterocycles. The molecule has 0 N–H and O–H groups in total. The quantitative estimate of drug-likeness (QED) is 0.646. The fourth-order valence-corrected chi connectivity index (χ4v) is 4.27. The second-order valence-corrected chi connectivity index (χ2v) is 8.50. The first kappa shape index (κ1) is 18.3. The molecule has 3 aromatic rings. The van der Waals surface area contributed by atoms with Crippen molar-refractivity contribution in [3.05, 3.63) is 61.4 Å². The van der Waals surface area contributed by atoms with Crippen molar-refractivity contribution in [1.29, 1.82) is 0 Å². The van der Waals surface area contributed by atoms with Gasteiger partial charge in [0, 0.05) is 56.1 Å². The van der Waals surface area contributed by atoms with Crippen molar-refractivity contribution in [2.75, 3.05) is 26.2 Å². The van der Waals surface area contributed by atoms with Gasteiger partial charge in [-0.25, -0.2) is 9.78 Å². The van der Waals surface area contributed by atoms with Gasteiger partial charge in [0.1, 0.15) is 5.58 Å². The van der Waals surface area contributed by atoms with Gasteiger partial charge in [0.05, 0.1) is 10.7 Å². The minimum absolute atomic E-state index is 0.265. The number of fused-ring (bicyclic) bond motifs is 1. The third-order valence-corrected chi connectivity index (χ3v) is 6.18. The van der Waals surface area contributed by atoms with Crippen LogP contribution in [0.5, 0.6) is 0 Å². The van der Waals surface area contributed by atoms with Gasteiger partial charge in [0.25, 0.3) is 0 Å². The van der Waals surface area contributed by atoms with Crippen molar-refractivity contribution < 1.29 is 4.42 Å². The van der Waals surface area contributed by atoms with Gasteiger partial charge in [-0.3, -0.25) is 9.80 Å². The van der Waals surface area contributed by atoms with Crippen molar-refractivity contribution in [3.63, 3.8) is 0 Å². The number of thiazole rings is 1. The molecule has 0 atom stereocenters. The van der Waals surface area contributed by atoms with Crippen molar-refractivity contribution in [3.8, 4) is 0 Å². The zero-order valence-corrected chi connectivity index (χ0v) is 16.9. The van der Waals surface area contributed by atoms with Gasteiger partial charge in [0.2, 0.25) is 0 Å². The van der Waals surface area contributed by atoms with Crippen molar-refractivity contribution >= 4 is 22.3 Å². The lowest BCUT2D eigenvalue weighted by molar-refractivity contribution is 0.121. The highest BCUT2D eigenvalue weighted by Gasteiger charge is 2.19. The standard InChI is InChI=1S/C21H25N3O2S/c1-14-8-19-17(10-21(25)26-20(19)9-15(14)2)11-23-4-6-24(7-5-23)12-18-13-27-16(3)22-18/h8-10,13H,4-7,11-12H2,1-3H3. The highest BCUT2D eigenvalue weighted by Crippen LogP contribution is 2.23. The Balaban J connectivity index is 1.46. The van der Waals surface area contributed by atoms with E-state index < -0.39 is 0 Å². The average molecular weight is 384 g/mol. The lowest BCUT2D eigenvalue weighted by Crippen LogP contribution is -2.45. The van der Waals surface area contributed by atoms with Crippen LogP contribution in [0.2, 0.25) is 0 Å². The van der Waals surface area contributed by atoms with Crippen molar-refractivity contribution in [2.24, 2.45) is 0 Å². The lowest BCUT2D eigenvalue weighted by Gasteiger charge is -2.34. The summed E-state index contributed by atoms with van der Waals surface area (Å²) in [5.41, 5.74) is 5.03. The molecule has 1 saturated heterocycles. The van der Waals surface area contributed by atoms with E-state index in [0.717, 1.165) is 60.8 Å². The van der Waals surface area contributed by atoms with Gasteiger partial charge in [-0.1, -0.05) is 0 Å². The maximum atomic E-state index is 12.0. The van der Waals surface area contributed by atoms with Crippen LogP contribution in [0.4, 0.5) is 0 Å². The van der Waals surface area contributed by atoms with E-state index >= 15 is 0 Å². The lowest BCUT2D eigenvalue weighted by atomic mass is 10.0. The van der Waals surface area contributed by atoms with Crippen LogP contribution in [0.25, 0.3) is 11.0 Å². The van der Waals surface area contributed by atoms with Crippen LogP contribution < -0.4 is 5.63 Å². The Hall–Kier alpha value is -2.02. The minimum atomic E-state index is -0.265. The maximum absolute atomic E-state index is 12.0. The molecule has 6 heteroatoms. The second kappa shape index (κ2) is 7.54. The Kier molecular flexibility index (Phi) is 5.12. The van der Waals surface area contributed by atoms with Crippen molar-refractivity contribution in [1.82, 2.24) is 14.8 Å². The topological polar surface area (TPSA) is 49.6 Å². The Bertz CT molecular complexity index is 1020. The summed E-state index contributed by atoms with van der Waals surface area (Å²) in [6, 6.07) is 5.77. The molecule has 1 fully saturated rings. The maximum Gasteiger partial charge on any atom is 0.336 e.